The summed E-state index contributed by atoms with van der Waals surface area (Å²) in [7, 11) is 0. The van der Waals surface area contributed by atoms with Crippen molar-refractivity contribution in [3.05, 3.63) is 47.0 Å². The summed E-state index contributed by atoms with van der Waals surface area (Å²) in [4.78, 5) is 10.9. The summed E-state index contributed by atoms with van der Waals surface area (Å²) in [5.74, 6) is -1.40. The van der Waals surface area contributed by atoms with Gasteiger partial charge in [-0.25, -0.2) is 4.79 Å². The van der Waals surface area contributed by atoms with Gasteiger partial charge in [-0.15, -0.1) is 0 Å². The topological polar surface area (TPSA) is 65.0 Å². The van der Waals surface area contributed by atoms with Crippen LogP contribution in [0, 0.1) is 6.92 Å². The van der Waals surface area contributed by atoms with Gasteiger partial charge in [0.15, 0.2) is 11.5 Å². The molecule has 0 saturated carbocycles. The molecule has 0 aliphatic carbocycles. The van der Waals surface area contributed by atoms with E-state index in [4.69, 9.17) is 14.6 Å². The predicted molar refractivity (Wildman–Crippen MR) is 92.1 cm³/mol. The first kappa shape index (κ1) is 22.3. The summed E-state index contributed by atoms with van der Waals surface area (Å²) in [5.41, 5.74) is -0.882. The van der Waals surface area contributed by atoms with Gasteiger partial charge in [0.2, 0.25) is 0 Å². The van der Waals surface area contributed by atoms with Crippen LogP contribution in [-0.4, -0.2) is 17.9 Å². The van der Waals surface area contributed by atoms with Crippen LogP contribution in [0.4, 0.5) is 26.7 Å². The van der Waals surface area contributed by atoms with Gasteiger partial charge in [0.1, 0.15) is 11.5 Å². The van der Waals surface area contributed by atoms with Crippen LogP contribution in [0.1, 0.15) is 36.5 Å². The number of carboxylic acid groups (broad SMARTS) is 1. The average molecular weight is 420 g/mol. The lowest BCUT2D eigenvalue weighted by molar-refractivity contribution is -0.138. The summed E-state index contributed by atoms with van der Waals surface area (Å²) in [6.07, 6.45) is -6.35. The standard InChI is InChI=1S/C19H17F5O5/c1-9(2)12-5-4-11(7-14(12)29-18(25)26)27-15-6-10(3)13(19(22,23)24)8-16(15)28-17(20)21/h4-9,17H,1-3H3,(H,25,26). The molecule has 0 heterocycles. The minimum Gasteiger partial charge on any atom is -0.453 e. The van der Waals surface area contributed by atoms with E-state index in [9.17, 15) is 26.7 Å². The Hall–Kier alpha value is -3.04. The molecule has 0 radical (unpaired) electrons. The third kappa shape index (κ3) is 5.72. The smallest absolute Gasteiger partial charge is 0.453 e. The van der Waals surface area contributed by atoms with Gasteiger partial charge in [0, 0.05) is 6.07 Å². The predicted octanol–water partition coefficient (Wildman–Crippen LogP) is 6.59. The highest BCUT2D eigenvalue weighted by Gasteiger charge is 2.34. The van der Waals surface area contributed by atoms with Crippen molar-refractivity contribution < 1.29 is 46.1 Å². The van der Waals surface area contributed by atoms with E-state index in [2.05, 4.69) is 4.74 Å². The van der Waals surface area contributed by atoms with Crippen molar-refractivity contribution in [2.45, 2.75) is 39.5 Å². The SMILES string of the molecule is Cc1cc(Oc2ccc(C(C)C)c(OC(=O)O)c2)c(OC(F)F)cc1C(F)(F)F. The van der Waals surface area contributed by atoms with Crippen LogP contribution < -0.4 is 14.2 Å². The molecule has 5 nitrogen and oxygen atoms in total. The molecule has 0 fully saturated rings. The Morgan fingerprint density at radius 2 is 1.69 bits per heavy atom. The number of hydrogen-bond donors (Lipinski definition) is 1. The fourth-order valence-corrected chi connectivity index (χ4v) is 2.60. The van der Waals surface area contributed by atoms with Crippen LogP contribution in [0.3, 0.4) is 0 Å². The molecular weight excluding hydrogens is 403 g/mol. The van der Waals surface area contributed by atoms with Crippen molar-refractivity contribution in [1.82, 2.24) is 0 Å². The quantitative estimate of drug-likeness (QED) is 0.325. The molecule has 0 aromatic heterocycles. The maximum absolute atomic E-state index is 13.1. The first-order valence-corrected chi connectivity index (χ1v) is 8.27. The summed E-state index contributed by atoms with van der Waals surface area (Å²) < 4.78 is 78.8. The Balaban J connectivity index is 2.49. The number of carbonyl (C=O) groups is 1. The van der Waals surface area contributed by atoms with Crippen LogP contribution in [0.15, 0.2) is 30.3 Å². The number of rotatable bonds is 6. The molecular formula is C19H17F5O5. The van der Waals surface area contributed by atoms with Gasteiger partial charge in [-0.05, 0) is 42.2 Å². The Labute approximate surface area is 162 Å². The van der Waals surface area contributed by atoms with Crippen molar-refractivity contribution in [1.29, 1.82) is 0 Å². The normalized spacial score (nSPS) is 11.7. The highest BCUT2D eigenvalue weighted by atomic mass is 19.4. The molecule has 0 unspecified atom stereocenters. The van der Waals surface area contributed by atoms with E-state index in [1.54, 1.807) is 13.8 Å². The number of hydrogen-bond acceptors (Lipinski definition) is 4. The van der Waals surface area contributed by atoms with Crippen molar-refractivity contribution in [2.24, 2.45) is 0 Å². The Morgan fingerprint density at radius 1 is 1.03 bits per heavy atom. The van der Waals surface area contributed by atoms with E-state index in [0.29, 0.717) is 11.6 Å². The van der Waals surface area contributed by atoms with Gasteiger partial charge >= 0.3 is 18.9 Å². The number of aryl methyl sites for hydroxylation is 1. The van der Waals surface area contributed by atoms with Gasteiger partial charge in [-0.1, -0.05) is 19.9 Å². The Bertz CT molecular complexity index is 893. The van der Waals surface area contributed by atoms with Gasteiger partial charge < -0.3 is 19.3 Å². The molecule has 0 spiro atoms. The van der Waals surface area contributed by atoms with Gasteiger partial charge in [0.05, 0.1) is 5.56 Å². The third-order valence-electron chi connectivity index (χ3n) is 3.84. The summed E-state index contributed by atoms with van der Waals surface area (Å²) in [6, 6.07) is 5.44. The molecule has 2 rings (SSSR count). The molecule has 1 N–H and O–H groups in total. The summed E-state index contributed by atoms with van der Waals surface area (Å²) in [6.45, 7) is 1.34. The van der Waals surface area contributed by atoms with Crippen molar-refractivity contribution in [3.63, 3.8) is 0 Å². The highest BCUT2D eigenvalue weighted by Crippen LogP contribution is 2.42. The molecule has 2 aromatic carbocycles. The van der Waals surface area contributed by atoms with Crippen LogP contribution in [0.5, 0.6) is 23.0 Å². The molecule has 29 heavy (non-hydrogen) atoms. The molecule has 158 valence electrons. The number of halogens is 5. The summed E-state index contributed by atoms with van der Waals surface area (Å²) in [5, 5.41) is 8.87. The second-order valence-corrected chi connectivity index (χ2v) is 6.31. The first-order chi connectivity index (χ1) is 13.4. The van der Waals surface area contributed by atoms with Crippen LogP contribution >= 0.6 is 0 Å². The van der Waals surface area contributed by atoms with Crippen molar-refractivity contribution in [3.8, 4) is 23.0 Å². The lowest BCUT2D eigenvalue weighted by Gasteiger charge is -2.18. The van der Waals surface area contributed by atoms with E-state index in [1.165, 1.54) is 18.2 Å². The van der Waals surface area contributed by atoms with Crippen LogP contribution in [0.25, 0.3) is 0 Å². The number of ether oxygens (including phenoxy) is 3. The highest BCUT2D eigenvalue weighted by molar-refractivity contribution is 5.63. The van der Waals surface area contributed by atoms with E-state index in [0.717, 1.165) is 13.0 Å². The fourth-order valence-electron chi connectivity index (χ4n) is 2.60. The van der Waals surface area contributed by atoms with E-state index in [-0.39, 0.29) is 23.0 Å². The van der Waals surface area contributed by atoms with Crippen LogP contribution in [0.2, 0.25) is 0 Å². The van der Waals surface area contributed by atoms with Crippen LogP contribution in [-0.2, 0) is 6.18 Å². The molecule has 2 aromatic rings. The number of benzene rings is 2. The second kappa shape index (κ2) is 8.54. The van der Waals surface area contributed by atoms with E-state index < -0.39 is 36.0 Å². The monoisotopic (exact) mass is 420 g/mol. The fraction of sp³-hybridized carbons (Fsp3) is 0.316. The molecule has 0 bridgehead atoms. The number of alkyl halides is 5. The first-order valence-electron chi connectivity index (χ1n) is 8.27. The zero-order valence-electron chi connectivity index (χ0n) is 15.5. The second-order valence-electron chi connectivity index (χ2n) is 6.31. The van der Waals surface area contributed by atoms with Gasteiger partial charge in [-0.3, -0.25) is 0 Å². The van der Waals surface area contributed by atoms with E-state index in [1.807, 2.05) is 0 Å². The third-order valence-corrected chi connectivity index (χ3v) is 3.84. The molecule has 10 heteroatoms. The molecule has 0 aliphatic rings. The van der Waals surface area contributed by atoms with E-state index >= 15 is 0 Å². The lowest BCUT2D eigenvalue weighted by Crippen LogP contribution is -2.10. The molecule has 0 aliphatic heterocycles. The average Bonchev–Trinajstić information content (AvgIpc) is 2.55. The zero-order valence-corrected chi connectivity index (χ0v) is 15.5. The zero-order chi connectivity index (χ0) is 21.9. The Morgan fingerprint density at radius 3 is 2.21 bits per heavy atom. The largest absolute Gasteiger partial charge is 0.511 e. The lowest BCUT2D eigenvalue weighted by atomic mass is 10.0. The Kier molecular flexibility index (Phi) is 6.55. The molecule has 0 amide bonds. The summed E-state index contributed by atoms with van der Waals surface area (Å²) >= 11 is 0. The van der Waals surface area contributed by atoms with Gasteiger partial charge in [0.25, 0.3) is 0 Å². The molecule has 0 saturated heterocycles. The minimum atomic E-state index is -4.77. The van der Waals surface area contributed by atoms with Crippen molar-refractivity contribution in [2.75, 3.05) is 0 Å². The van der Waals surface area contributed by atoms with Crippen molar-refractivity contribution >= 4 is 6.16 Å². The maximum atomic E-state index is 13.1. The van der Waals surface area contributed by atoms with Gasteiger partial charge in [-0.2, -0.15) is 22.0 Å². The molecule has 0 atom stereocenters. The minimum absolute atomic E-state index is 0.0380. The maximum Gasteiger partial charge on any atom is 0.511 e.